The Morgan fingerprint density at radius 1 is 0.909 bits per heavy atom. The van der Waals surface area contributed by atoms with E-state index in [9.17, 15) is 25.5 Å². The van der Waals surface area contributed by atoms with Crippen LogP contribution in [0.3, 0.4) is 0 Å². The van der Waals surface area contributed by atoms with Gasteiger partial charge in [-0.25, -0.2) is 0 Å². The summed E-state index contributed by atoms with van der Waals surface area (Å²) in [5.41, 5.74) is 0. The molecule has 10 atom stereocenters. The highest BCUT2D eigenvalue weighted by Crippen LogP contribution is 2.32. The highest BCUT2D eigenvalue weighted by atomic mass is 16.7. The third kappa shape index (κ3) is 2.65. The minimum Gasteiger partial charge on any atom is -0.394 e. The molecule has 0 aromatic carbocycles. The van der Waals surface area contributed by atoms with Crippen molar-refractivity contribution in [2.75, 3.05) is 13.2 Å². The lowest BCUT2D eigenvalue weighted by Gasteiger charge is -2.43. The maximum atomic E-state index is 10.1. The molecule has 3 aliphatic rings. The molecule has 22 heavy (non-hydrogen) atoms. The monoisotopic (exact) mass is 324 g/mol. The van der Waals surface area contributed by atoms with Crippen LogP contribution in [-0.2, 0) is 18.9 Å². The van der Waals surface area contributed by atoms with Crippen LogP contribution in [0.25, 0.3) is 0 Å². The summed E-state index contributed by atoms with van der Waals surface area (Å²) in [6.45, 7) is -0.504. The number of aliphatic hydroxyl groups excluding tert-OH is 6. The third-order valence-corrected chi connectivity index (χ3v) is 4.23. The van der Waals surface area contributed by atoms with Crippen molar-refractivity contribution in [2.24, 2.45) is 0 Å². The van der Waals surface area contributed by atoms with E-state index in [1.807, 2.05) is 0 Å². The van der Waals surface area contributed by atoms with Gasteiger partial charge in [-0.05, 0) is 0 Å². The van der Waals surface area contributed by atoms with E-state index in [1.165, 1.54) is 0 Å². The molecule has 10 heteroatoms. The van der Waals surface area contributed by atoms with Gasteiger partial charge in [-0.2, -0.15) is 0 Å². The topological polar surface area (TPSA) is 158 Å². The van der Waals surface area contributed by atoms with Crippen molar-refractivity contribution in [3.63, 3.8) is 0 Å². The largest absolute Gasteiger partial charge is 0.394 e. The van der Waals surface area contributed by atoms with Crippen molar-refractivity contribution in [2.45, 2.75) is 61.4 Å². The Balaban J connectivity index is 1.71. The van der Waals surface area contributed by atoms with Crippen molar-refractivity contribution < 1.29 is 49.6 Å². The summed E-state index contributed by atoms with van der Waals surface area (Å²) < 4.78 is 20.8. The Bertz CT molecular complexity index is 394. The van der Waals surface area contributed by atoms with Crippen LogP contribution in [0.15, 0.2) is 0 Å². The number of aliphatic hydroxyl groups is 6. The van der Waals surface area contributed by atoms with Gasteiger partial charge in [-0.3, -0.25) is 0 Å². The van der Waals surface area contributed by atoms with Crippen molar-refractivity contribution in [3.8, 4) is 0 Å². The summed E-state index contributed by atoms with van der Waals surface area (Å²) in [6, 6.07) is 0. The van der Waals surface area contributed by atoms with Crippen LogP contribution < -0.4 is 0 Å². The number of fused-ring (bicyclic) bond motifs is 2. The molecule has 3 rings (SSSR count). The molecule has 10 nitrogen and oxygen atoms in total. The summed E-state index contributed by atoms with van der Waals surface area (Å²) >= 11 is 0. The molecule has 3 heterocycles. The zero-order chi connectivity index (χ0) is 16.0. The average molecular weight is 324 g/mol. The summed E-state index contributed by atoms with van der Waals surface area (Å²) in [7, 11) is 0. The zero-order valence-corrected chi connectivity index (χ0v) is 11.5. The van der Waals surface area contributed by atoms with Gasteiger partial charge in [0.25, 0.3) is 0 Å². The molecule has 0 radical (unpaired) electrons. The molecular formula is C12H20O10. The first-order valence-electron chi connectivity index (χ1n) is 7.03. The molecule has 3 fully saturated rings. The number of hydrogen-bond acceptors (Lipinski definition) is 10. The van der Waals surface area contributed by atoms with E-state index in [-0.39, 0.29) is 6.61 Å². The van der Waals surface area contributed by atoms with Gasteiger partial charge in [0.2, 0.25) is 0 Å². The van der Waals surface area contributed by atoms with Gasteiger partial charge < -0.3 is 49.6 Å². The van der Waals surface area contributed by atoms with Crippen LogP contribution in [0, 0.1) is 0 Å². The van der Waals surface area contributed by atoms with Crippen molar-refractivity contribution >= 4 is 0 Å². The second kappa shape index (κ2) is 6.24. The molecule has 0 aliphatic carbocycles. The lowest BCUT2D eigenvalue weighted by molar-refractivity contribution is -0.341. The minimum atomic E-state index is -1.66. The maximum absolute atomic E-state index is 10.1. The average Bonchev–Trinajstić information content (AvgIpc) is 2.76. The summed E-state index contributed by atoms with van der Waals surface area (Å²) in [5.74, 6) is 0. The fraction of sp³-hybridized carbons (Fsp3) is 1.00. The van der Waals surface area contributed by atoms with Crippen LogP contribution in [0.2, 0.25) is 0 Å². The number of ether oxygens (including phenoxy) is 4. The zero-order valence-electron chi connectivity index (χ0n) is 11.5. The van der Waals surface area contributed by atoms with E-state index in [4.69, 9.17) is 24.1 Å². The summed E-state index contributed by atoms with van der Waals surface area (Å²) in [4.78, 5) is 0. The van der Waals surface area contributed by atoms with Gasteiger partial charge in [0.05, 0.1) is 13.2 Å². The number of hydrogen-bond donors (Lipinski definition) is 6. The Kier molecular flexibility index (Phi) is 4.67. The van der Waals surface area contributed by atoms with Crippen LogP contribution >= 0.6 is 0 Å². The van der Waals surface area contributed by atoms with Gasteiger partial charge in [-0.1, -0.05) is 0 Å². The Labute approximate surface area is 125 Å². The van der Waals surface area contributed by atoms with E-state index in [2.05, 4.69) is 0 Å². The first-order chi connectivity index (χ1) is 10.4. The van der Waals surface area contributed by atoms with E-state index in [0.29, 0.717) is 0 Å². The van der Waals surface area contributed by atoms with Gasteiger partial charge >= 0.3 is 0 Å². The SMILES string of the molecule is OCC1OC(O)C(O)C(OC2OC3COC(C3O)C2O)C1O. The Hall–Kier alpha value is -0.400. The standard InChI is InChI=1S/C12H20O10/c13-1-3-5(14)10(7(16)11(18)20-3)22-12-8(17)9-6(15)4(21-12)2-19-9/h3-18H,1-2H2. The highest BCUT2D eigenvalue weighted by Gasteiger charge is 2.53. The third-order valence-electron chi connectivity index (χ3n) is 4.23. The fourth-order valence-electron chi connectivity index (χ4n) is 2.94. The molecule has 0 saturated carbocycles. The second-order valence-electron chi connectivity index (χ2n) is 5.65. The first-order valence-corrected chi connectivity index (χ1v) is 7.03. The molecule has 0 spiro atoms. The second-order valence-corrected chi connectivity index (χ2v) is 5.65. The molecule has 0 aromatic rings. The maximum Gasteiger partial charge on any atom is 0.187 e. The van der Waals surface area contributed by atoms with E-state index in [0.717, 1.165) is 0 Å². The molecule has 6 N–H and O–H groups in total. The van der Waals surface area contributed by atoms with E-state index >= 15 is 0 Å². The fourth-order valence-corrected chi connectivity index (χ4v) is 2.94. The molecular weight excluding hydrogens is 304 g/mol. The molecule has 2 bridgehead atoms. The molecule has 10 unspecified atom stereocenters. The number of rotatable bonds is 3. The Morgan fingerprint density at radius 3 is 2.32 bits per heavy atom. The van der Waals surface area contributed by atoms with Gasteiger partial charge in [0.15, 0.2) is 12.6 Å². The van der Waals surface area contributed by atoms with Gasteiger partial charge in [0.1, 0.15) is 48.8 Å². The summed E-state index contributed by atoms with van der Waals surface area (Å²) in [6.07, 6.45) is -12.4. The lowest BCUT2D eigenvalue weighted by atomic mass is 9.98. The normalized spacial score (nSPS) is 55.4. The van der Waals surface area contributed by atoms with Crippen LogP contribution in [0.1, 0.15) is 0 Å². The summed E-state index contributed by atoms with van der Waals surface area (Å²) in [5, 5.41) is 58.4. The van der Waals surface area contributed by atoms with Crippen LogP contribution in [0.4, 0.5) is 0 Å². The first kappa shape index (κ1) is 16.5. The molecule has 3 aliphatic heterocycles. The van der Waals surface area contributed by atoms with E-state index < -0.39 is 68.0 Å². The quantitative estimate of drug-likeness (QED) is 0.299. The van der Waals surface area contributed by atoms with Crippen LogP contribution in [-0.4, -0.2) is 105 Å². The molecule has 0 amide bonds. The molecule has 0 aromatic heterocycles. The molecule has 128 valence electrons. The minimum absolute atomic E-state index is 0.0868. The highest BCUT2D eigenvalue weighted by molar-refractivity contribution is 4.97. The smallest absolute Gasteiger partial charge is 0.187 e. The van der Waals surface area contributed by atoms with Gasteiger partial charge in [0, 0.05) is 0 Å². The van der Waals surface area contributed by atoms with Crippen molar-refractivity contribution in [1.82, 2.24) is 0 Å². The lowest BCUT2D eigenvalue weighted by Crippen LogP contribution is -2.63. The molecule has 3 saturated heterocycles. The van der Waals surface area contributed by atoms with Crippen molar-refractivity contribution in [1.29, 1.82) is 0 Å². The Morgan fingerprint density at radius 2 is 1.64 bits per heavy atom. The van der Waals surface area contributed by atoms with Crippen molar-refractivity contribution in [3.05, 3.63) is 0 Å². The predicted molar refractivity (Wildman–Crippen MR) is 65.3 cm³/mol. The van der Waals surface area contributed by atoms with E-state index in [1.54, 1.807) is 0 Å². The van der Waals surface area contributed by atoms with Gasteiger partial charge in [-0.15, -0.1) is 0 Å². The predicted octanol–water partition coefficient (Wildman–Crippen LogP) is -4.35. The van der Waals surface area contributed by atoms with Crippen LogP contribution in [0.5, 0.6) is 0 Å².